The lowest BCUT2D eigenvalue weighted by atomic mass is 10.1. The number of benzene rings is 1. The van der Waals surface area contributed by atoms with Crippen LogP contribution in [0.5, 0.6) is 0 Å². The Bertz CT molecular complexity index is 941. The minimum absolute atomic E-state index is 0.115. The third kappa shape index (κ3) is 1.90. The molecule has 0 radical (unpaired) electrons. The van der Waals surface area contributed by atoms with E-state index in [0.717, 1.165) is 0 Å². The maximum Gasteiger partial charge on any atom is 0.382 e. The van der Waals surface area contributed by atoms with Crippen molar-refractivity contribution in [2.24, 2.45) is 0 Å². The predicted molar refractivity (Wildman–Crippen MR) is 77.5 cm³/mol. The summed E-state index contributed by atoms with van der Waals surface area (Å²) in [5.74, 6) is -2.16. The molecule has 3 aromatic rings. The number of fused-ring (bicyclic) bond motifs is 2. The van der Waals surface area contributed by atoms with Gasteiger partial charge in [-0.2, -0.15) is 5.10 Å². The fraction of sp³-hybridized carbons (Fsp3) is 0. The van der Waals surface area contributed by atoms with Crippen LogP contribution in [0.3, 0.4) is 0 Å². The standard InChI is InChI=1S/C16H9N3O4/c20-14-11-5-1-2-6-12(11)15(21)19(14)23-16(22)13-7-3-4-10-8-9-17-18(10)13/h1-9H. The fourth-order valence-corrected chi connectivity index (χ4v) is 2.48. The molecule has 0 saturated heterocycles. The average molecular weight is 307 g/mol. The van der Waals surface area contributed by atoms with Crippen molar-refractivity contribution >= 4 is 23.3 Å². The van der Waals surface area contributed by atoms with E-state index in [9.17, 15) is 14.4 Å². The van der Waals surface area contributed by atoms with Crippen molar-refractivity contribution in [2.45, 2.75) is 0 Å². The summed E-state index contributed by atoms with van der Waals surface area (Å²) in [5.41, 5.74) is 1.23. The highest BCUT2D eigenvalue weighted by Crippen LogP contribution is 2.23. The Hall–Kier alpha value is -3.48. The number of nitrogens with zero attached hydrogens (tertiary/aromatic N) is 3. The van der Waals surface area contributed by atoms with Crippen LogP contribution in [0.1, 0.15) is 31.2 Å². The number of imide groups is 1. The van der Waals surface area contributed by atoms with Crippen LogP contribution in [0.4, 0.5) is 0 Å². The first kappa shape index (κ1) is 13.2. The number of hydrogen-bond acceptors (Lipinski definition) is 5. The molecule has 0 bridgehead atoms. The van der Waals surface area contributed by atoms with Crippen molar-refractivity contribution < 1.29 is 19.2 Å². The number of pyridine rings is 1. The molecule has 7 heteroatoms. The Balaban J connectivity index is 1.67. The van der Waals surface area contributed by atoms with Crippen LogP contribution in [-0.2, 0) is 4.84 Å². The monoisotopic (exact) mass is 307 g/mol. The van der Waals surface area contributed by atoms with Gasteiger partial charge in [0.2, 0.25) is 0 Å². The molecule has 0 saturated carbocycles. The summed E-state index contributed by atoms with van der Waals surface area (Å²) in [4.78, 5) is 41.7. The molecule has 0 spiro atoms. The van der Waals surface area contributed by atoms with Crippen molar-refractivity contribution in [1.29, 1.82) is 0 Å². The van der Waals surface area contributed by atoms with E-state index in [4.69, 9.17) is 4.84 Å². The number of hydrogen-bond donors (Lipinski definition) is 0. The van der Waals surface area contributed by atoms with Crippen LogP contribution in [-0.4, -0.2) is 32.5 Å². The van der Waals surface area contributed by atoms with Crippen molar-refractivity contribution in [3.8, 4) is 0 Å². The molecule has 112 valence electrons. The average Bonchev–Trinajstić information content (AvgIpc) is 3.14. The quantitative estimate of drug-likeness (QED) is 0.673. The second-order valence-electron chi connectivity index (χ2n) is 4.91. The molecule has 7 nitrogen and oxygen atoms in total. The third-order valence-corrected chi connectivity index (χ3v) is 3.56. The summed E-state index contributed by atoms with van der Waals surface area (Å²) in [7, 11) is 0. The van der Waals surface area contributed by atoms with Crippen LogP contribution in [0, 0.1) is 0 Å². The highest BCUT2D eigenvalue weighted by Gasteiger charge is 2.39. The highest BCUT2D eigenvalue weighted by atomic mass is 16.7. The van der Waals surface area contributed by atoms with Crippen LogP contribution in [0.25, 0.3) is 5.52 Å². The van der Waals surface area contributed by atoms with Crippen molar-refractivity contribution in [1.82, 2.24) is 14.7 Å². The molecule has 0 N–H and O–H groups in total. The Labute approximate surface area is 129 Å². The summed E-state index contributed by atoms with van der Waals surface area (Å²) in [6.07, 6.45) is 1.54. The SMILES string of the molecule is O=C(ON1C(=O)c2ccccc2C1=O)c1cccc2ccnn12. The van der Waals surface area contributed by atoms with E-state index in [1.807, 2.05) is 0 Å². The zero-order valence-electron chi connectivity index (χ0n) is 11.7. The van der Waals surface area contributed by atoms with Crippen LogP contribution in [0.2, 0.25) is 0 Å². The van der Waals surface area contributed by atoms with E-state index in [1.54, 1.807) is 30.3 Å². The third-order valence-electron chi connectivity index (χ3n) is 3.56. The lowest BCUT2D eigenvalue weighted by molar-refractivity contribution is -0.0590. The molecule has 3 heterocycles. The topological polar surface area (TPSA) is 81.0 Å². The van der Waals surface area contributed by atoms with Crippen molar-refractivity contribution in [2.75, 3.05) is 0 Å². The Kier molecular flexibility index (Phi) is 2.74. The fourth-order valence-electron chi connectivity index (χ4n) is 2.48. The van der Waals surface area contributed by atoms with E-state index in [2.05, 4.69) is 5.10 Å². The van der Waals surface area contributed by atoms with Crippen molar-refractivity contribution in [3.05, 3.63) is 71.5 Å². The van der Waals surface area contributed by atoms with E-state index in [-0.39, 0.29) is 16.8 Å². The van der Waals surface area contributed by atoms with Gasteiger partial charge in [-0.15, -0.1) is 0 Å². The number of rotatable bonds is 2. The Morgan fingerprint density at radius 2 is 1.61 bits per heavy atom. The molecule has 2 aromatic heterocycles. The van der Waals surface area contributed by atoms with Crippen LogP contribution < -0.4 is 0 Å². The normalized spacial score (nSPS) is 13.5. The minimum Gasteiger partial charge on any atom is -0.323 e. The van der Waals surface area contributed by atoms with Gasteiger partial charge in [0, 0.05) is 0 Å². The van der Waals surface area contributed by atoms with Gasteiger partial charge in [-0.1, -0.05) is 23.3 Å². The Morgan fingerprint density at radius 1 is 0.913 bits per heavy atom. The zero-order valence-corrected chi connectivity index (χ0v) is 11.7. The number of hydroxylamine groups is 2. The molecular weight excluding hydrogens is 298 g/mol. The largest absolute Gasteiger partial charge is 0.382 e. The minimum atomic E-state index is -0.839. The molecule has 0 fully saturated rings. The van der Waals surface area contributed by atoms with E-state index in [1.165, 1.54) is 28.9 Å². The lowest BCUT2D eigenvalue weighted by Gasteiger charge is -2.13. The first-order valence-electron chi connectivity index (χ1n) is 6.80. The molecule has 2 amide bonds. The van der Waals surface area contributed by atoms with E-state index in [0.29, 0.717) is 10.6 Å². The van der Waals surface area contributed by atoms with Gasteiger partial charge >= 0.3 is 5.97 Å². The number of aromatic nitrogens is 2. The predicted octanol–water partition coefficient (Wildman–Crippen LogP) is 1.70. The van der Waals surface area contributed by atoms with Gasteiger partial charge in [-0.05, 0) is 30.3 Å². The van der Waals surface area contributed by atoms with Gasteiger partial charge in [-0.3, -0.25) is 9.59 Å². The molecule has 0 aliphatic carbocycles. The highest BCUT2D eigenvalue weighted by molar-refractivity contribution is 6.21. The number of carbonyl (C=O) groups excluding carboxylic acids is 3. The van der Waals surface area contributed by atoms with Crippen LogP contribution in [0.15, 0.2) is 54.7 Å². The molecule has 0 unspecified atom stereocenters. The van der Waals surface area contributed by atoms with Gasteiger partial charge in [0.1, 0.15) is 0 Å². The first-order chi connectivity index (χ1) is 11.2. The Morgan fingerprint density at radius 3 is 2.30 bits per heavy atom. The second kappa shape index (κ2) is 4.77. The lowest BCUT2D eigenvalue weighted by Crippen LogP contribution is -2.33. The number of amides is 2. The maximum atomic E-state index is 12.3. The molecule has 0 atom stereocenters. The van der Waals surface area contributed by atoms with Gasteiger partial charge < -0.3 is 4.84 Å². The molecule has 1 aliphatic heterocycles. The molecule has 23 heavy (non-hydrogen) atoms. The maximum absolute atomic E-state index is 12.3. The van der Waals surface area contributed by atoms with Gasteiger partial charge in [0.15, 0.2) is 5.69 Å². The number of carbonyl (C=O) groups is 3. The summed E-state index contributed by atoms with van der Waals surface area (Å²) >= 11 is 0. The van der Waals surface area contributed by atoms with Crippen molar-refractivity contribution in [3.63, 3.8) is 0 Å². The van der Waals surface area contributed by atoms with E-state index >= 15 is 0 Å². The molecule has 4 rings (SSSR count). The van der Waals surface area contributed by atoms with Gasteiger partial charge in [-0.25, -0.2) is 9.31 Å². The second-order valence-corrected chi connectivity index (χ2v) is 4.91. The molecule has 1 aliphatic rings. The van der Waals surface area contributed by atoms with Gasteiger partial charge in [0.05, 0.1) is 22.8 Å². The summed E-state index contributed by atoms with van der Waals surface area (Å²) < 4.78 is 1.38. The molecule has 1 aromatic carbocycles. The summed E-state index contributed by atoms with van der Waals surface area (Å²) in [6.45, 7) is 0. The molecular formula is C16H9N3O4. The smallest absolute Gasteiger partial charge is 0.323 e. The summed E-state index contributed by atoms with van der Waals surface area (Å²) in [6, 6.07) is 13.0. The van der Waals surface area contributed by atoms with E-state index < -0.39 is 17.8 Å². The van der Waals surface area contributed by atoms with Crippen LogP contribution >= 0.6 is 0 Å². The summed E-state index contributed by atoms with van der Waals surface area (Å²) in [5, 5.41) is 4.50. The van der Waals surface area contributed by atoms with Gasteiger partial charge in [0.25, 0.3) is 11.8 Å². The first-order valence-corrected chi connectivity index (χ1v) is 6.80. The zero-order chi connectivity index (χ0) is 16.0.